The average Bonchev–Trinajstić information content (AvgIpc) is 3.27. The lowest BCUT2D eigenvalue weighted by Crippen LogP contribution is -2.07. The van der Waals surface area contributed by atoms with E-state index in [9.17, 15) is 13.2 Å². The molecule has 0 amide bonds. The second-order valence-electron chi connectivity index (χ2n) is 5.56. The summed E-state index contributed by atoms with van der Waals surface area (Å²) in [5.41, 5.74) is -0.0638. The Hall–Kier alpha value is -2.30. The number of alkyl halides is 3. The molecule has 1 aromatic carbocycles. The number of benzene rings is 1. The number of aromatic nitrogens is 5. The molecular formula is C16H8Cl2F3N5OS. The maximum Gasteiger partial charge on any atom is 0.417 e. The third-order valence-electron chi connectivity index (χ3n) is 3.65. The quantitative estimate of drug-likeness (QED) is 0.391. The summed E-state index contributed by atoms with van der Waals surface area (Å²) in [7, 11) is 0. The summed E-state index contributed by atoms with van der Waals surface area (Å²) >= 11 is 12.8. The van der Waals surface area contributed by atoms with Crippen molar-refractivity contribution in [2.75, 3.05) is 0 Å². The molecule has 3 heterocycles. The van der Waals surface area contributed by atoms with Crippen molar-refractivity contribution in [1.82, 2.24) is 24.7 Å². The fraction of sp³-hybridized carbons (Fsp3) is 0.125. The molecule has 4 aromatic rings. The number of thioether (sulfide) groups is 1. The monoisotopic (exact) mass is 445 g/mol. The van der Waals surface area contributed by atoms with Crippen LogP contribution in [0.2, 0.25) is 10.0 Å². The van der Waals surface area contributed by atoms with Crippen LogP contribution >= 0.6 is 35.0 Å². The van der Waals surface area contributed by atoms with Crippen molar-refractivity contribution in [2.24, 2.45) is 0 Å². The number of rotatable bonds is 4. The van der Waals surface area contributed by atoms with Crippen LogP contribution < -0.4 is 0 Å². The lowest BCUT2D eigenvalue weighted by Gasteiger charge is -2.08. The van der Waals surface area contributed by atoms with Gasteiger partial charge in [0, 0.05) is 16.8 Å². The number of hydrogen-bond donors (Lipinski definition) is 0. The minimum absolute atomic E-state index is 0.132. The summed E-state index contributed by atoms with van der Waals surface area (Å²) in [6, 6.07) is 7.68. The number of hydrogen-bond acceptors (Lipinski definition) is 6. The van der Waals surface area contributed by atoms with Crippen molar-refractivity contribution in [3.05, 3.63) is 58.0 Å². The molecule has 4 rings (SSSR count). The Morgan fingerprint density at radius 2 is 1.86 bits per heavy atom. The Morgan fingerprint density at radius 3 is 2.57 bits per heavy atom. The first kappa shape index (κ1) is 19.0. The van der Waals surface area contributed by atoms with Gasteiger partial charge in [0.2, 0.25) is 0 Å². The summed E-state index contributed by atoms with van der Waals surface area (Å²) < 4.78 is 45.4. The van der Waals surface area contributed by atoms with Gasteiger partial charge in [0.15, 0.2) is 16.6 Å². The summed E-state index contributed by atoms with van der Waals surface area (Å²) in [5.74, 6) is 0.872. The Labute approximate surface area is 169 Å². The van der Waals surface area contributed by atoms with Gasteiger partial charge in [-0.1, -0.05) is 40.1 Å². The number of nitrogens with zero attached hydrogens (tertiary/aromatic N) is 5. The fourth-order valence-electron chi connectivity index (χ4n) is 2.34. The normalized spacial score (nSPS) is 12.0. The van der Waals surface area contributed by atoms with E-state index < -0.39 is 11.7 Å². The summed E-state index contributed by atoms with van der Waals surface area (Å²) in [4.78, 5) is 4.26. The Morgan fingerprint density at radius 1 is 1.11 bits per heavy atom. The topological polar surface area (TPSA) is 69.1 Å². The van der Waals surface area contributed by atoms with Crippen LogP contribution in [0.3, 0.4) is 0 Å². The third kappa shape index (κ3) is 3.80. The van der Waals surface area contributed by atoms with Crippen LogP contribution in [0.5, 0.6) is 0 Å². The van der Waals surface area contributed by atoms with E-state index in [0.717, 1.165) is 24.0 Å². The number of fused-ring (bicyclic) bond motifs is 1. The predicted octanol–water partition coefficient (Wildman–Crippen LogP) is 5.40. The molecule has 0 radical (unpaired) electrons. The van der Waals surface area contributed by atoms with E-state index in [1.54, 1.807) is 24.3 Å². The molecule has 0 saturated heterocycles. The van der Waals surface area contributed by atoms with Crippen molar-refractivity contribution in [3.63, 3.8) is 0 Å². The molecule has 3 aromatic heterocycles. The first-order chi connectivity index (χ1) is 13.3. The van der Waals surface area contributed by atoms with Crippen LogP contribution in [-0.2, 0) is 11.9 Å². The van der Waals surface area contributed by atoms with E-state index in [1.807, 2.05) is 0 Å². The lowest BCUT2D eigenvalue weighted by molar-refractivity contribution is -0.137. The van der Waals surface area contributed by atoms with Gasteiger partial charge in [-0.05, 0) is 30.3 Å². The number of pyridine rings is 1. The molecule has 0 spiro atoms. The van der Waals surface area contributed by atoms with Gasteiger partial charge in [-0.3, -0.25) is 4.40 Å². The van der Waals surface area contributed by atoms with E-state index in [1.165, 1.54) is 4.40 Å². The summed E-state index contributed by atoms with van der Waals surface area (Å²) in [6.45, 7) is 0. The molecule has 0 aliphatic carbocycles. The van der Waals surface area contributed by atoms with Gasteiger partial charge in [-0.2, -0.15) is 18.2 Å². The summed E-state index contributed by atoms with van der Waals surface area (Å²) in [5, 5.41) is 12.2. The highest BCUT2D eigenvalue weighted by Gasteiger charge is 2.32. The molecule has 0 aliphatic rings. The highest BCUT2D eigenvalue weighted by Crippen LogP contribution is 2.33. The van der Waals surface area contributed by atoms with Gasteiger partial charge < -0.3 is 4.52 Å². The van der Waals surface area contributed by atoms with Gasteiger partial charge in [0.25, 0.3) is 5.89 Å². The SMILES string of the molecule is FC(F)(F)c1cc(Cl)c2nnc(SCc3noc(-c4ccc(Cl)cc4)n3)n2c1. The van der Waals surface area contributed by atoms with Crippen LogP contribution in [0.4, 0.5) is 13.2 Å². The van der Waals surface area contributed by atoms with E-state index in [0.29, 0.717) is 22.3 Å². The first-order valence-electron chi connectivity index (χ1n) is 7.64. The molecule has 0 aliphatic heterocycles. The number of halogens is 5. The second-order valence-corrected chi connectivity index (χ2v) is 7.35. The maximum absolute atomic E-state index is 13.0. The van der Waals surface area contributed by atoms with E-state index in [4.69, 9.17) is 27.7 Å². The molecular weight excluding hydrogens is 438 g/mol. The van der Waals surface area contributed by atoms with Crippen molar-refractivity contribution in [1.29, 1.82) is 0 Å². The van der Waals surface area contributed by atoms with Gasteiger partial charge >= 0.3 is 6.18 Å². The molecule has 0 fully saturated rings. The molecule has 0 bridgehead atoms. The van der Waals surface area contributed by atoms with E-state index >= 15 is 0 Å². The molecule has 28 heavy (non-hydrogen) atoms. The van der Waals surface area contributed by atoms with Crippen LogP contribution in [-0.4, -0.2) is 24.7 Å². The average molecular weight is 446 g/mol. The first-order valence-corrected chi connectivity index (χ1v) is 9.38. The summed E-state index contributed by atoms with van der Waals surface area (Å²) in [6.07, 6.45) is -3.63. The second kappa shape index (κ2) is 7.26. The largest absolute Gasteiger partial charge is 0.417 e. The van der Waals surface area contributed by atoms with Gasteiger partial charge in [-0.15, -0.1) is 10.2 Å². The highest BCUT2D eigenvalue weighted by molar-refractivity contribution is 7.98. The lowest BCUT2D eigenvalue weighted by atomic mass is 10.2. The van der Waals surface area contributed by atoms with E-state index in [2.05, 4.69) is 20.3 Å². The van der Waals surface area contributed by atoms with Gasteiger partial charge in [0.05, 0.1) is 16.3 Å². The van der Waals surface area contributed by atoms with Crippen LogP contribution in [0.25, 0.3) is 17.1 Å². The van der Waals surface area contributed by atoms with Crippen LogP contribution in [0.1, 0.15) is 11.4 Å². The molecule has 0 saturated carbocycles. The predicted molar refractivity (Wildman–Crippen MR) is 97.3 cm³/mol. The zero-order valence-corrected chi connectivity index (χ0v) is 15.9. The Balaban J connectivity index is 1.56. The standard InChI is InChI=1S/C16H8Cl2F3N5OS/c17-10-3-1-8(2-4-10)14-22-12(25-27-14)7-28-15-24-23-13-11(18)5-9(6-26(13)15)16(19,20)21/h1-6H,7H2. The van der Waals surface area contributed by atoms with Gasteiger partial charge in [0.1, 0.15) is 0 Å². The molecule has 0 unspecified atom stereocenters. The van der Waals surface area contributed by atoms with Crippen LogP contribution in [0, 0.1) is 0 Å². The Kier molecular flexibility index (Phi) is 4.94. The van der Waals surface area contributed by atoms with Crippen LogP contribution in [0.15, 0.2) is 46.2 Å². The minimum atomic E-state index is -4.54. The van der Waals surface area contributed by atoms with Crippen molar-refractivity contribution >= 4 is 40.6 Å². The maximum atomic E-state index is 13.0. The zero-order valence-electron chi connectivity index (χ0n) is 13.6. The smallest absolute Gasteiger partial charge is 0.334 e. The van der Waals surface area contributed by atoms with E-state index in [-0.39, 0.29) is 21.6 Å². The zero-order chi connectivity index (χ0) is 19.9. The highest BCUT2D eigenvalue weighted by atomic mass is 35.5. The third-order valence-corrected chi connectivity index (χ3v) is 5.11. The minimum Gasteiger partial charge on any atom is -0.334 e. The van der Waals surface area contributed by atoms with Gasteiger partial charge in [-0.25, -0.2) is 0 Å². The molecule has 12 heteroatoms. The van der Waals surface area contributed by atoms with Crippen molar-refractivity contribution in [2.45, 2.75) is 17.1 Å². The molecule has 0 atom stereocenters. The van der Waals surface area contributed by atoms with Crippen molar-refractivity contribution in [3.8, 4) is 11.5 Å². The fourth-order valence-corrected chi connectivity index (χ4v) is 3.46. The van der Waals surface area contributed by atoms with Crippen molar-refractivity contribution < 1.29 is 17.7 Å². The Bertz CT molecular complexity index is 1140. The molecule has 144 valence electrons. The molecule has 6 nitrogen and oxygen atoms in total. The molecule has 0 N–H and O–H groups in total.